The highest BCUT2D eigenvalue weighted by Gasteiger charge is 2.21. The van der Waals surface area contributed by atoms with Crippen LogP contribution < -0.4 is 16.8 Å². The number of hydrogen-bond acceptors (Lipinski definition) is 3. The monoisotopic (exact) mass is 351 g/mol. The molecule has 0 atom stereocenters. The molecule has 5 N–H and O–H groups in total. The van der Waals surface area contributed by atoms with Crippen LogP contribution in [0.1, 0.15) is 61.0 Å². The highest BCUT2D eigenvalue weighted by Crippen LogP contribution is 2.24. The van der Waals surface area contributed by atoms with Gasteiger partial charge in [-0.3, -0.25) is 0 Å². The lowest BCUT2D eigenvalue weighted by molar-refractivity contribution is 0.444. The van der Waals surface area contributed by atoms with Gasteiger partial charge >= 0.3 is 0 Å². The van der Waals surface area contributed by atoms with Crippen molar-refractivity contribution < 1.29 is 0 Å². The number of nitrogens with one attached hydrogen (secondary N) is 1. The summed E-state index contributed by atoms with van der Waals surface area (Å²) < 4.78 is 0. The highest BCUT2D eigenvalue weighted by atomic mass is 35.5. The fourth-order valence-electron chi connectivity index (χ4n) is 2.22. The average molecular weight is 352 g/mol. The van der Waals surface area contributed by atoms with Crippen molar-refractivity contribution in [1.29, 1.82) is 0 Å². The Balaban J connectivity index is 0.00000254. The third kappa shape index (κ3) is 6.12. The Morgan fingerprint density at radius 1 is 1.00 bits per heavy atom. The molecular weight excluding hydrogens is 318 g/mol. The molecule has 1 rings (SSSR count). The molecule has 0 radical (unpaired) electrons. The van der Waals surface area contributed by atoms with E-state index in [0.29, 0.717) is 11.7 Å². The minimum absolute atomic E-state index is 0.298. The third-order valence-corrected chi connectivity index (χ3v) is 4.29. The van der Waals surface area contributed by atoms with Gasteiger partial charge < -0.3 is 16.8 Å². The molecule has 1 aromatic rings. The van der Waals surface area contributed by atoms with Crippen molar-refractivity contribution in [2.24, 2.45) is 17.4 Å². The molecule has 0 saturated carbocycles. The van der Waals surface area contributed by atoms with Crippen LogP contribution in [-0.4, -0.2) is 0 Å². The summed E-state index contributed by atoms with van der Waals surface area (Å²) in [5, 5.41) is 4.12. The number of halogens is 1. The van der Waals surface area contributed by atoms with Gasteiger partial charge in [0.15, 0.2) is 0 Å². The molecule has 0 aliphatic heterocycles. The molecule has 0 spiro atoms. The molecule has 0 bridgehead atoms. The molecule has 0 fully saturated rings. The summed E-state index contributed by atoms with van der Waals surface area (Å²) in [4.78, 5) is 0. The lowest BCUT2D eigenvalue weighted by atomic mass is 9.93. The Labute approximate surface area is 153 Å². The SMILES string of the molecule is CC.CC(=C(/N)C(C)C)/C(C)=C(\N)NC(C)(C)c1ccc(Cl)cc1. The van der Waals surface area contributed by atoms with Crippen molar-refractivity contribution in [3.8, 4) is 0 Å². The normalized spacial score (nSPS) is 13.6. The molecule has 3 nitrogen and oxygen atoms in total. The first-order valence-electron chi connectivity index (χ1n) is 8.53. The van der Waals surface area contributed by atoms with E-state index in [9.17, 15) is 0 Å². The van der Waals surface area contributed by atoms with Gasteiger partial charge in [-0.2, -0.15) is 0 Å². The Bertz CT molecular complexity index is 581. The summed E-state index contributed by atoms with van der Waals surface area (Å²) in [6.07, 6.45) is 0. The van der Waals surface area contributed by atoms with Crippen LogP contribution in [0.15, 0.2) is 46.9 Å². The molecule has 136 valence electrons. The highest BCUT2D eigenvalue weighted by molar-refractivity contribution is 6.30. The van der Waals surface area contributed by atoms with E-state index in [1.54, 1.807) is 0 Å². The number of allylic oxidation sites excluding steroid dienone is 3. The van der Waals surface area contributed by atoms with E-state index >= 15 is 0 Å². The van der Waals surface area contributed by atoms with Gasteiger partial charge in [-0.25, -0.2) is 0 Å². The second-order valence-corrected chi connectivity index (χ2v) is 6.97. The van der Waals surface area contributed by atoms with Gasteiger partial charge in [-0.15, -0.1) is 0 Å². The summed E-state index contributed by atoms with van der Waals surface area (Å²) in [6, 6.07) is 7.77. The van der Waals surface area contributed by atoms with Crippen molar-refractivity contribution >= 4 is 11.6 Å². The topological polar surface area (TPSA) is 64.1 Å². The van der Waals surface area contributed by atoms with E-state index in [1.165, 1.54) is 0 Å². The Hall–Kier alpha value is -1.61. The number of hydrogen-bond donors (Lipinski definition) is 3. The van der Waals surface area contributed by atoms with Crippen molar-refractivity contribution in [2.75, 3.05) is 0 Å². The van der Waals surface area contributed by atoms with Crippen LogP contribution in [0.3, 0.4) is 0 Å². The van der Waals surface area contributed by atoms with Crippen LogP contribution in [0.5, 0.6) is 0 Å². The number of benzene rings is 1. The first kappa shape index (κ1) is 22.4. The zero-order chi connectivity index (χ0) is 19.1. The zero-order valence-corrected chi connectivity index (χ0v) is 17.2. The van der Waals surface area contributed by atoms with Gasteiger partial charge in [0.25, 0.3) is 0 Å². The fourth-order valence-corrected chi connectivity index (χ4v) is 2.35. The van der Waals surface area contributed by atoms with Gasteiger partial charge in [0, 0.05) is 10.7 Å². The molecule has 24 heavy (non-hydrogen) atoms. The zero-order valence-electron chi connectivity index (χ0n) is 16.4. The third-order valence-electron chi connectivity index (χ3n) is 4.03. The van der Waals surface area contributed by atoms with Crippen molar-refractivity contribution in [3.05, 3.63) is 57.5 Å². The van der Waals surface area contributed by atoms with Gasteiger partial charge in [0.05, 0.1) is 11.4 Å². The molecule has 1 aromatic carbocycles. The largest absolute Gasteiger partial charge is 0.402 e. The molecule has 0 unspecified atom stereocenters. The van der Waals surface area contributed by atoms with Gasteiger partial charge in [-0.1, -0.05) is 51.4 Å². The number of rotatable bonds is 5. The summed E-state index contributed by atoms with van der Waals surface area (Å²) >= 11 is 5.95. The van der Waals surface area contributed by atoms with Crippen LogP contribution >= 0.6 is 11.6 Å². The summed E-state index contributed by atoms with van der Waals surface area (Å²) in [6.45, 7) is 16.3. The lowest BCUT2D eigenvalue weighted by Gasteiger charge is -2.29. The molecule has 0 aliphatic carbocycles. The first-order valence-corrected chi connectivity index (χ1v) is 8.91. The van der Waals surface area contributed by atoms with Crippen LogP contribution in [-0.2, 0) is 5.54 Å². The maximum Gasteiger partial charge on any atom is 0.1000 e. The summed E-state index contributed by atoms with van der Waals surface area (Å²) in [7, 11) is 0. The Kier molecular flexibility index (Phi) is 8.98. The van der Waals surface area contributed by atoms with Gasteiger partial charge in [0.2, 0.25) is 0 Å². The Morgan fingerprint density at radius 3 is 1.88 bits per heavy atom. The van der Waals surface area contributed by atoms with E-state index in [4.69, 9.17) is 23.1 Å². The molecule has 0 saturated heterocycles. The van der Waals surface area contributed by atoms with Gasteiger partial charge in [-0.05, 0) is 62.5 Å². The van der Waals surface area contributed by atoms with Crippen molar-refractivity contribution in [1.82, 2.24) is 5.32 Å². The minimum Gasteiger partial charge on any atom is -0.402 e. The maximum absolute atomic E-state index is 6.26. The van der Waals surface area contributed by atoms with Crippen LogP contribution in [0, 0.1) is 5.92 Å². The molecule has 0 heterocycles. The van der Waals surface area contributed by atoms with E-state index in [-0.39, 0.29) is 5.54 Å². The second-order valence-electron chi connectivity index (χ2n) is 6.53. The second kappa shape index (κ2) is 9.63. The van der Waals surface area contributed by atoms with Crippen LogP contribution in [0.2, 0.25) is 5.02 Å². The van der Waals surface area contributed by atoms with E-state index in [2.05, 4.69) is 33.0 Å². The standard InChI is InChI=1S/C18H28ClN3.C2H6/c1-11(2)16(20)12(3)13(4)17(21)22-18(5,6)14-7-9-15(19)10-8-14;1-2/h7-11,22H,20-21H2,1-6H3;1-2H3/b16-12-,17-13+;. The molecule has 4 heteroatoms. The average Bonchev–Trinajstić information content (AvgIpc) is 2.54. The predicted molar refractivity (Wildman–Crippen MR) is 108 cm³/mol. The lowest BCUT2D eigenvalue weighted by Crippen LogP contribution is -2.39. The van der Waals surface area contributed by atoms with E-state index in [1.807, 2.05) is 52.0 Å². The van der Waals surface area contributed by atoms with Crippen molar-refractivity contribution in [2.45, 2.75) is 60.9 Å². The van der Waals surface area contributed by atoms with E-state index in [0.717, 1.165) is 27.4 Å². The summed E-state index contributed by atoms with van der Waals surface area (Å²) in [5.74, 6) is 0.938. The fraction of sp³-hybridized carbons (Fsp3) is 0.500. The van der Waals surface area contributed by atoms with Crippen LogP contribution in [0.25, 0.3) is 0 Å². The predicted octanol–water partition coefficient (Wildman–Crippen LogP) is 5.27. The van der Waals surface area contributed by atoms with Crippen molar-refractivity contribution in [3.63, 3.8) is 0 Å². The quantitative estimate of drug-likeness (QED) is 0.633. The summed E-state index contributed by atoms with van der Waals surface area (Å²) in [5.41, 5.74) is 16.1. The molecule has 0 aromatic heterocycles. The Morgan fingerprint density at radius 2 is 1.46 bits per heavy atom. The van der Waals surface area contributed by atoms with E-state index < -0.39 is 0 Å². The van der Waals surface area contributed by atoms with Crippen LogP contribution in [0.4, 0.5) is 0 Å². The van der Waals surface area contributed by atoms with Gasteiger partial charge in [0.1, 0.15) is 0 Å². The number of nitrogens with two attached hydrogens (primary N) is 2. The molecule has 0 aliphatic rings. The molecule has 0 amide bonds. The minimum atomic E-state index is -0.303. The smallest absolute Gasteiger partial charge is 0.1000 e. The molecular formula is C20H34ClN3. The maximum atomic E-state index is 6.26. The first-order chi connectivity index (χ1) is 11.1.